The molecule has 0 spiro atoms. The van der Waals surface area contributed by atoms with E-state index in [1.54, 1.807) is 33.5 Å². The number of benzene rings is 1. The first-order valence-electron chi connectivity index (χ1n) is 10.5. The van der Waals surface area contributed by atoms with Gasteiger partial charge < -0.3 is 14.5 Å². The van der Waals surface area contributed by atoms with E-state index in [1.807, 2.05) is 0 Å². The van der Waals surface area contributed by atoms with Crippen LogP contribution in [0.25, 0.3) is 5.69 Å². The quantitative estimate of drug-likeness (QED) is 0.693. The van der Waals surface area contributed by atoms with Crippen molar-refractivity contribution in [3.05, 3.63) is 47.0 Å². The number of carbonyl (C=O) groups is 3. The van der Waals surface area contributed by atoms with Gasteiger partial charge >= 0.3 is 5.97 Å². The van der Waals surface area contributed by atoms with Gasteiger partial charge in [0.15, 0.2) is 11.8 Å². The van der Waals surface area contributed by atoms with Crippen molar-refractivity contribution in [2.45, 2.75) is 39.2 Å². The average Bonchev–Trinajstić information content (AvgIpc) is 3.37. The van der Waals surface area contributed by atoms with Crippen LogP contribution < -0.4 is 0 Å². The molecule has 1 fully saturated rings. The Labute approximate surface area is 179 Å². The Morgan fingerprint density at radius 2 is 1.68 bits per heavy atom. The summed E-state index contributed by atoms with van der Waals surface area (Å²) in [6.07, 6.45) is 1.41. The second-order valence-corrected chi connectivity index (χ2v) is 7.89. The van der Waals surface area contributed by atoms with Crippen molar-refractivity contribution in [2.75, 3.05) is 26.2 Å². The molecule has 0 radical (unpaired) electrons. The fourth-order valence-electron chi connectivity index (χ4n) is 4.16. The van der Waals surface area contributed by atoms with E-state index in [9.17, 15) is 18.8 Å². The number of nitrogens with zero attached hydrogens (tertiary/aromatic N) is 4. The van der Waals surface area contributed by atoms with Gasteiger partial charge in [-0.3, -0.25) is 9.59 Å². The molecule has 1 aromatic heterocycles. The third kappa shape index (κ3) is 4.17. The third-order valence-corrected chi connectivity index (χ3v) is 5.86. The molecule has 2 heterocycles. The fraction of sp³-hybridized carbons (Fsp3) is 0.455. The highest BCUT2D eigenvalue weighted by Gasteiger charge is 2.32. The average molecular weight is 428 g/mol. The number of amides is 2. The Hall–Kier alpha value is -3.23. The van der Waals surface area contributed by atoms with E-state index < -0.39 is 12.1 Å². The monoisotopic (exact) mass is 428 g/mol. The van der Waals surface area contributed by atoms with E-state index >= 15 is 0 Å². The summed E-state index contributed by atoms with van der Waals surface area (Å²) in [6, 6.07) is 5.93. The first-order chi connectivity index (χ1) is 14.8. The van der Waals surface area contributed by atoms with Gasteiger partial charge in [-0.2, -0.15) is 5.10 Å². The van der Waals surface area contributed by atoms with Gasteiger partial charge in [0.25, 0.3) is 5.91 Å². The number of ether oxygens (including phenoxy) is 1. The molecule has 0 N–H and O–H groups in total. The minimum Gasteiger partial charge on any atom is -0.448 e. The van der Waals surface area contributed by atoms with Gasteiger partial charge in [-0.1, -0.05) is 0 Å². The Balaban J connectivity index is 1.46. The van der Waals surface area contributed by atoms with Crippen LogP contribution in [0.5, 0.6) is 0 Å². The van der Waals surface area contributed by atoms with Crippen LogP contribution in [0.1, 0.15) is 42.0 Å². The van der Waals surface area contributed by atoms with Crippen LogP contribution in [0.15, 0.2) is 24.3 Å². The first-order valence-corrected chi connectivity index (χ1v) is 10.5. The lowest BCUT2D eigenvalue weighted by Crippen LogP contribution is -2.52. The molecule has 2 aromatic rings. The molecule has 2 amide bonds. The Bertz CT molecular complexity index is 1010. The third-order valence-electron chi connectivity index (χ3n) is 5.86. The predicted octanol–water partition coefficient (Wildman–Crippen LogP) is 1.74. The van der Waals surface area contributed by atoms with Gasteiger partial charge in [0.1, 0.15) is 5.82 Å². The molecule has 0 bridgehead atoms. The molecule has 1 unspecified atom stereocenters. The van der Waals surface area contributed by atoms with Crippen molar-refractivity contribution in [3.8, 4) is 5.69 Å². The van der Waals surface area contributed by atoms with Crippen LogP contribution >= 0.6 is 0 Å². The second-order valence-electron chi connectivity index (χ2n) is 7.89. The fourth-order valence-corrected chi connectivity index (χ4v) is 4.16. The van der Waals surface area contributed by atoms with Gasteiger partial charge in [0, 0.05) is 44.4 Å². The largest absolute Gasteiger partial charge is 0.448 e. The van der Waals surface area contributed by atoms with E-state index in [4.69, 9.17) is 4.74 Å². The number of hydrogen-bond donors (Lipinski definition) is 0. The van der Waals surface area contributed by atoms with E-state index in [0.29, 0.717) is 38.3 Å². The summed E-state index contributed by atoms with van der Waals surface area (Å²) in [5.74, 6) is -1.28. The molecule has 1 aromatic carbocycles. The molecule has 31 heavy (non-hydrogen) atoms. The van der Waals surface area contributed by atoms with Gasteiger partial charge in [0.05, 0.1) is 5.69 Å². The summed E-state index contributed by atoms with van der Waals surface area (Å²) in [5.41, 5.74) is 2.62. The topological polar surface area (TPSA) is 84.7 Å². The zero-order valence-corrected chi connectivity index (χ0v) is 17.6. The molecule has 0 saturated carbocycles. The number of rotatable bonds is 4. The highest BCUT2D eigenvalue weighted by Crippen LogP contribution is 2.28. The Kier molecular flexibility index (Phi) is 5.75. The van der Waals surface area contributed by atoms with Crippen LogP contribution in [-0.4, -0.2) is 69.6 Å². The van der Waals surface area contributed by atoms with E-state index in [0.717, 1.165) is 24.1 Å². The Morgan fingerprint density at radius 3 is 2.32 bits per heavy atom. The van der Waals surface area contributed by atoms with Crippen LogP contribution in [0.3, 0.4) is 0 Å². The van der Waals surface area contributed by atoms with E-state index in [2.05, 4.69) is 5.10 Å². The van der Waals surface area contributed by atoms with E-state index in [-0.39, 0.29) is 23.3 Å². The van der Waals surface area contributed by atoms with Crippen molar-refractivity contribution < 1.29 is 23.5 Å². The SMILES string of the molecule is CC(=O)N1CCN(C(=O)C(C)OC(=O)c2nn(-c3ccc(F)cc3)c3c2CCC3)CC1. The molecule has 1 aliphatic heterocycles. The molecule has 1 atom stereocenters. The minimum absolute atomic E-state index is 0.0165. The zero-order chi connectivity index (χ0) is 22.1. The zero-order valence-electron chi connectivity index (χ0n) is 17.6. The van der Waals surface area contributed by atoms with Crippen molar-refractivity contribution in [3.63, 3.8) is 0 Å². The summed E-state index contributed by atoms with van der Waals surface area (Å²) in [4.78, 5) is 40.3. The van der Waals surface area contributed by atoms with E-state index in [1.165, 1.54) is 19.1 Å². The maximum atomic E-state index is 13.3. The molecule has 2 aliphatic rings. The summed E-state index contributed by atoms with van der Waals surface area (Å²) >= 11 is 0. The second kappa shape index (κ2) is 8.49. The minimum atomic E-state index is -0.954. The molecule has 164 valence electrons. The predicted molar refractivity (Wildman–Crippen MR) is 109 cm³/mol. The number of hydrogen-bond acceptors (Lipinski definition) is 5. The normalized spacial score (nSPS) is 16.7. The highest BCUT2D eigenvalue weighted by molar-refractivity contribution is 5.92. The standard InChI is InChI=1S/C22H25FN4O4/c1-14(21(29)26-12-10-25(11-13-26)15(2)28)31-22(30)20-18-4-3-5-19(18)27(24-20)17-8-6-16(23)7-9-17/h6-9,14H,3-5,10-13H2,1-2H3. The summed E-state index contributed by atoms with van der Waals surface area (Å²) < 4.78 is 20.4. The first kappa shape index (κ1) is 21.0. The van der Waals surface area contributed by atoms with Gasteiger partial charge in [-0.15, -0.1) is 0 Å². The van der Waals surface area contributed by atoms with Crippen molar-refractivity contribution in [1.29, 1.82) is 0 Å². The molecule has 9 heteroatoms. The molecule has 8 nitrogen and oxygen atoms in total. The van der Waals surface area contributed by atoms with Crippen molar-refractivity contribution in [2.24, 2.45) is 0 Å². The molecular weight excluding hydrogens is 403 g/mol. The molecule has 1 saturated heterocycles. The lowest BCUT2D eigenvalue weighted by Gasteiger charge is -2.35. The van der Waals surface area contributed by atoms with Gasteiger partial charge in [-0.25, -0.2) is 13.9 Å². The van der Waals surface area contributed by atoms with Crippen LogP contribution in [0, 0.1) is 5.82 Å². The number of carbonyl (C=O) groups excluding carboxylic acids is 3. The van der Waals surface area contributed by atoms with Gasteiger partial charge in [-0.05, 0) is 50.5 Å². The smallest absolute Gasteiger partial charge is 0.359 e. The lowest BCUT2D eigenvalue weighted by molar-refractivity contribution is -0.144. The Morgan fingerprint density at radius 1 is 1.03 bits per heavy atom. The number of aromatic nitrogens is 2. The summed E-state index contributed by atoms with van der Waals surface area (Å²) in [6.45, 7) is 4.82. The summed E-state index contributed by atoms with van der Waals surface area (Å²) in [5, 5.41) is 4.44. The maximum Gasteiger partial charge on any atom is 0.359 e. The number of fused-ring (bicyclic) bond motifs is 1. The summed E-state index contributed by atoms with van der Waals surface area (Å²) in [7, 11) is 0. The molecule has 4 rings (SSSR count). The van der Waals surface area contributed by atoms with Crippen LogP contribution in [0.2, 0.25) is 0 Å². The maximum absolute atomic E-state index is 13.3. The number of esters is 1. The highest BCUT2D eigenvalue weighted by atomic mass is 19.1. The van der Waals surface area contributed by atoms with Gasteiger partial charge in [0.2, 0.25) is 5.91 Å². The van der Waals surface area contributed by atoms with Crippen molar-refractivity contribution >= 4 is 17.8 Å². The van der Waals surface area contributed by atoms with Crippen LogP contribution in [-0.2, 0) is 27.2 Å². The molecule has 1 aliphatic carbocycles. The lowest BCUT2D eigenvalue weighted by atomic mass is 10.2. The van der Waals surface area contributed by atoms with Crippen molar-refractivity contribution in [1.82, 2.24) is 19.6 Å². The number of piperazine rings is 1. The number of halogens is 1. The molecular formula is C22H25FN4O4. The van der Waals surface area contributed by atoms with Crippen LogP contribution in [0.4, 0.5) is 4.39 Å².